The Morgan fingerprint density at radius 3 is 2.42 bits per heavy atom. The van der Waals surface area contributed by atoms with Gasteiger partial charge in [0.05, 0.1) is 5.52 Å². The lowest BCUT2D eigenvalue weighted by molar-refractivity contribution is 1.27. The van der Waals surface area contributed by atoms with E-state index in [1.807, 2.05) is 43.3 Å². The maximum atomic E-state index is 12.2. The smallest absolute Gasteiger partial charge is 0.256 e. The lowest BCUT2D eigenvalue weighted by Gasteiger charge is -2.07. The molecule has 0 spiro atoms. The zero-order valence-corrected chi connectivity index (χ0v) is 11.0. The van der Waals surface area contributed by atoms with Crippen molar-refractivity contribution in [3.05, 3.63) is 70.0 Å². The molecule has 0 unspecified atom stereocenters. The monoisotopic (exact) mass is 249 g/mol. The second-order valence-corrected chi connectivity index (χ2v) is 4.92. The summed E-state index contributed by atoms with van der Waals surface area (Å²) in [6.07, 6.45) is 0. The molecule has 1 N–H and O–H groups in total. The Kier molecular flexibility index (Phi) is 2.71. The summed E-state index contributed by atoms with van der Waals surface area (Å²) in [6.45, 7) is 4.09. The van der Waals surface area contributed by atoms with E-state index < -0.39 is 0 Å². The van der Waals surface area contributed by atoms with Crippen LogP contribution >= 0.6 is 0 Å². The van der Waals surface area contributed by atoms with Crippen molar-refractivity contribution >= 4 is 10.9 Å². The minimum atomic E-state index is -0.0364. The van der Waals surface area contributed by atoms with Crippen LogP contribution in [0.5, 0.6) is 0 Å². The van der Waals surface area contributed by atoms with Gasteiger partial charge >= 0.3 is 0 Å². The minimum Gasteiger partial charge on any atom is -0.321 e. The fourth-order valence-corrected chi connectivity index (χ4v) is 2.52. The van der Waals surface area contributed by atoms with E-state index in [2.05, 4.69) is 24.0 Å². The zero-order chi connectivity index (χ0) is 13.4. The van der Waals surface area contributed by atoms with Gasteiger partial charge in [0.2, 0.25) is 0 Å². The lowest BCUT2D eigenvalue weighted by Crippen LogP contribution is -2.09. The minimum absolute atomic E-state index is 0.0364. The van der Waals surface area contributed by atoms with Crippen LogP contribution in [0.15, 0.2) is 53.3 Å². The van der Waals surface area contributed by atoms with Crippen LogP contribution in [0.1, 0.15) is 11.1 Å². The molecule has 2 aromatic carbocycles. The highest BCUT2D eigenvalue weighted by Gasteiger charge is 2.07. The van der Waals surface area contributed by atoms with E-state index in [0.717, 1.165) is 27.6 Å². The Bertz CT molecular complexity index is 801. The molecule has 0 aliphatic carbocycles. The van der Waals surface area contributed by atoms with Crippen LogP contribution in [0, 0.1) is 13.8 Å². The van der Waals surface area contributed by atoms with E-state index in [1.165, 1.54) is 5.56 Å². The molecule has 0 saturated heterocycles. The summed E-state index contributed by atoms with van der Waals surface area (Å²) in [5.74, 6) is 0. The number of nitrogens with one attached hydrogen (secondary N) is 1. The van der Waals surface area contributed by atoms with Crippen LogP contribution < -0.4 is 5.56 Å². The molecule has 0 atom stereocenters. The molecule has 0 amide bonds. The highest BCUT2D eigenvalue weighted by atomic mass is 16.1. The van der Waals surface area contributed by atoms with Crippen LogP contribution in [0.3, 0.4) is 0 Å². The van der Waals surface area contributed by atoms with Crippen molar-refractivity contribution < 1.29 is 0 Å². The molecule has 3 aromatic rings. The summed E-state index contributed by atoms with van der Waals surface area (Å²) >= 11 is 0. The molecule has 0 fully saturated rings. The van der Waals surface area contributed by atoms with Crippen LogP contribution in [0.25, 0.3) is 22.0 Å². The van der Waals surface area contributed by atoms with E-state index in [1.54, 1.807) is 0 Å². The first-order chi connectivity index (χ1) is 9.15. The maximum Gasteiger partial charge on any atom is 0.256 e. The fourth-order valence-electron chi connectivity index (χ4n) is 2.52. The van der Waals surface area contributed by atoms with Gasteiger partial charge in [0.1, 0.15) is 0 Å². The van der Waals surface area contributed by atoms with Gasteiger partial charge in [0.25, 0.3) is 5.56 Å². The van der Waals surface area contributed by atoms with Crippen LogP contribution in [0.2, 0.25) is 0 Å². The fraction of sp³-hybridized carbons (Fsp3) is 0.118. The predicted octanol–water partition coefficient (Wildman–Crippen LogP) is 3.81. The molecule has 1 aromatic heterocycles. The highest BCUT2D eigenvalue weighted by molar-refractivity contribution is 5.86. The first kappa shape index (κ1) is 11.7. The molecule has 94 valence electrons. The highest BCUT2D eigenvalue weighted by Crippen LogP contribution is 2.22. The van der Waals surface area contributed by atoms with Gasteiger partial charge in [-0.1, -0.05) is 42.0 Å². The summed E-state index contributed by atoms with van der Waals surface area (Å²) in [6, 6.07) is 15.9. The Morgan fingerprint density at radius 1 is 0.947 bits per heavy atom. The Balaban J connectivity index is 2.34. The Labute approximate surface area is 111 Å². The molecule has 19 heavy (non-hydrogen) atoms. The molecule has 0 bridgehead atoms. The number of hydrogen-bond donors (Lipinski definition) is 1. The standard InChI is InChI=1S/C17H15NO/c1-11-8-12(2)16-14(9-11)10-15(17(19)18-16)13-6-4-3-5-7-13/h3-10H,1-2H3,(H,18,19). The van der Waals surface area contributed by atoms with Crippen molar-refractivity contribution in [3.8, 4) is 11.1 Å². The number of hydrogen-bond acceptors (Lipinski definition) is 1. The van der Waals surface area contributed by atoms with Crippen molar-refractivity contribution in [2.45, 2.75) is 13.8 Å². The summed E-state index contributed by atoms with van der Waals surface area (Å²) in [5, 5.41) is 1.08. The number of fused-ring (bicyclic) bond motifs is 1. The van der Waals surface area contributed by atoms with E-state index in [9.17, 15) is 4.79 Å². The average Bonchev–Trinajstić information content (AvgIpc) is 2.40. The van der Waals surface area contributed by atoms with Crippen LogP contribution in [-0.4, -0.2) is 4.98 Å². The molecule has 3 rings (SSSR count). The number of pyridine rings is 1. The second kappa shape index (κ2) is 4.39. The van der Waals surface area contributed by atoms with Gasteiger partial charge in [-0.25, -0.2) is 0 Å². The van der Waals surface area contributed by atoms with E-state index in [0.29, 0.717) is 0 Å². The second-order valence-electron chi connectivity index (χ2n) is 4.92. The van der Waals surface area contributed by atoms with Gasteiger partial charge in [0.15, 0.2) is 0 Å². The number of rotatable bonds is 1. The van der Waals surface area contributed by atoms with Gasteiger partial charge in [-0.3, -0.25) is 4.79 Å². The third-order valence-electron chi connectivity index (χ3n) is 3.38. The quantitative estimate of drug-likeness (QED) is 0.699. The number of aryl methyl sites for hydroxylation is 2. The molecule has 0 aliphatic heterocycles. The van der Waals surface area contributed by atoms with Crippen molar-refractivity contribution in [1.29, 1.82) is 0 Å². The van der Waals surface area contributed by atoms with Gasteiger partial charge in [0, 0.05) is 5.56 Å². The summed E-state index contributed by atoms with van der Waals surface area (Å²) in [4.78, 5) is 15.2. The SMILES string of the molecule is Cc1cc(C)c2[nH]c(=O)c(-c3ccccc3)cc2c1. The summed E-state index contributed by atoms with van der Waals surface area (Å²) < 4.78 is 0. The summed E-state index contributed by atoms with van der Waals surface area (Å²) in [7, 11) is 0. The number of aromatic amines is 1. The Hall–Kier alpha value is -2.35. The third-order valence-corrected chi connectivity index (χ3v) is 3.38. The van der Waals surface area contributed by atoms with E-state index in [4.69, 9.17) is 0 Å². The lowest BCUT2D eigenvalue weighted by atomic mass is 10.0. The zero-order valence-electron chi connectivity index (χ0n) is 11.0. The maximum absolute atomic E-state index is 12.2. The molecule has 0 radical (unpaired) electrons. The largest absolute Gasteiger partial charge is 0.321 e. The normalized spacial score (nSPS) is 10.8. The molecular weight excluding hydrogens is 234 g/mol. The number of H-pyrrole nitrogens is 1. The molecule has 1 heterocycles. The average molecular weight is 249 g/mol. The van der Waals surface area contributed by atoms with Gasteiger partial charge < -0.3 is 4.98 Å². The third kappa shape index (κ3) is 2.06. The van der Waals surface area contributed by atoms with E-state index >= 15 is 0 Å². The van der Waals surface area contributed by atoms with Gasteiger partial charge in [-0.05, 0) is 42.5 Å². The molecular formula is C17H15NO. The number of benzene rings is 2. The topological polar surface area (TPSA) is 32.9 Å². The number of aromatic nitrogens is 1. The first-order valence-electron chi connectivity index (χ1n) is 6.35. The van der Waals surface area contributed by atoms with Crippen LogP contribution in [0.4, 0.5) is 0 Å². The van der Waals surface area contributed by atoms with Gasteiger partial charge in [-0.2, -0.15) is 0 Å². The molecule has 2 nitrogen and oxygen atoms in total. The predicted molar refractivity (Wildman–Crippen MR) is 79.5 cm³/mol. The van der Waals surface area contributed by atoms with E-state index in [-0.39, 0.29) is 5.56 Å². The van der Waals surface area contributed by atoms with Gasteiger partial charge in [-0.15, -0.1) is 0 Å². The first-order valence-corrected chi connectivity index (χ1v) is 6.35. The molecule has 2 heteroatoms. The molecule has 0 aliphatic rings. The summed E-state index contributed by atoms with van der Waals surface area (Å²) in [5.41, 5.74) is 4.87. The van der Waals surface area contributed by atoms with Crippen molar-refractivity contribution in [3.63, 3.8) is 0 Å². The van der Waals surface area contributed by atoms with Crippen molar-refractivity contribution in [2.75, 3.05) is 0 Å². The van der Waals surface area contributed by atoms with Crippen LogP contribution in [-0.2, 0) is 0 Å². The van der Waals surface area contributed by atoms with Crippen molar-refractivity contribution in [1.82, 2.24) is 4.98 Å². The molecule has 0 saturated carbocycles. The Morgan fingerprint density at radius 2 is 1.68 bits per heavy atom. The van der Waals surface area contributed by atoms with Crippen molar-refractivity contribution in [2.24, 2.45) is 0 Å².